The van der Waals surface area contributed by atoms with Crippen molar-refractivity contribution in [3.63, 3.8) is 0 Å². The molecule has 2 aliphatic rings. The van der Waals surface area contributed by atoms with Crippen molar-refractivity contribution in [3.05, 3.63) is 35.4 Å². The molecule has 1 heterocycles. The fourth-order valence-electron chi connectivity index (χ4n) is 2.62. The van der Waals surface area contributed by atoms with E-state index >= 15 is 0 Å². The van der Waals surface area contributed by atoms with Crippen LogP contribution in [0.5, 0.6) is 0 Å². The van der Waals surface area contributed by atoms with Crippen LogP contribution in [-0.2, 0) is 11.3 Å². The lowest BCUT2D eigenvalue weighted by Gasteiger charge is -2.38. The lowest BCUT2D eigenvalue weighted by Crippen LogP contribution is -2.47. The maximum atomic E-state index is 12.1. The third-order valence-corrected chi connectivity index (χ3v) is 3.75. The van der Waals surface area contributed by atoms with Crippen molar-refractivity contribution >= 4 is 11.9 Å². The van der Waals surface area contributed by atoms with Crippen LogP contribution in [0.1, 0.15) is 28.8 Å². The molecular formula is C13H13NO3. The second-order valence-electron chi connectivity index (χ2n) is 4.75. The molecule has 1 N–H and O–H groups in total. The quantitative estimate of drug-likeness (QED) is 0.839. The van der Waals surface area contributed by atoms with Gasteiger partial charge in [-0.2, -0.15) is 0 Å². The van der Waals surface area contributed by atoms with E-state index in [-0.39, 0.29) is 17.9 Å². The molecule has 88 valence electrons. The second-order valence-corrected chi connectivity index (χ2v) is 4.75. The minimum Gasteiger partial charge on any atom is -0.481 e. The number of hydrogen-bond acceptors (Lipinski definition) is 2. The van der Waals surface area contributed by atoms with Gasteiger partial charge in [0.1, 0.15) is 0 Å². The maximum absolute atomic E-state index is 12.1. The summed E-state index contributed by atoms with van der Waals surface area (Å²) >= 11 is 0. The summed E-state index contributed by atoms with van der Waals surface area (Å²) in [4.78, 5) is 24.6. The van der Waals surface area contributed by atoms with Crippen LogP contribution in [0, 0.1) is 5.92 Å². The van der Waals surface area contributed by atoms with E-state index in [1.54, 1.807) is 0 Å². The number of hydrogen-bond donors (Lipinski definition) is 1. The van der Waals surface area contributed by atoms with Crippen molar-refractivity contribution < 1.29 is 14.7 Å². The number of carbonyl (C=O) groups is 2. The molecule has 1 aliphatic carbocycles. The first-order valence-corrected chi connectivity index (χ1v) is 5.78. The van der Waals surface area contributed by atoms with Crippen LogP contribution >= 0.6 is 0 Å². The molecule has 0 radical (unpaired) electrons. The highest BCUT2D eigenvalue weighted by Crippen LogP contribution is 2.36. The van der Waals surface area contributed by atoms with Gasteiger partial charge in [-0.05, 0) is 24.5 Å². The minimum absolute atomic E-state index is 0.0504. The molecule has 1 aromatic carbocycles. The number of amides is 1. The lowest BCUT2D eigenvalue weighted by molar-refractivity contribution is -0.146. The number of carboxylic acid groups (broad SMARTS) is 1. The topological polar surface area (TPSA) is 57.6 Å². The zero-order valence-corrected chi connectivity index (χ0v) is 9.30. The van der Waals surface area contributed by atoms with Gasteiger partial charge in [-0.1, -0.05) is 18.2 Å². The molecule has 0 aromatic heterocycles. The summed E-state index contributed by atoms with van der Waals surface area (Å²) in [6.07, 6.45) is 1.18. The molecular weight excluding hydrogens is 218 g/mol. The highest BCUT2D eigenvalue weighted by molar-refractivity contribution is 5.98. The average molecular weight is 231 g/mol. The Labute approximate surface area is 98.9 Å². The number of carbonyl (C=O) groups excluding carboxylic acids is 1. The summed E-state index contributed by atoms with van der Waals surface area (Å²) in [7, 11) is 0. The summed E-state index contributed by atoms with van der Waals surface area (Å²) in [5, 5.41) is 8.83. The van der Waals surface area contributed by atoms with Gasteiger partial charge in [0.05, 0.1) is 5.92 Å². The molecule has 1 saturated carbocycles. The van der Waals surface area contributed by atoms with Gasteiger partial charge in [0.2, 0.25) is 0 Å². The smallest absolute Gasteiger partial charge is 0.306 e. The van der Waals surface area contributed by atoms with Crippen LogP contribution < -0.4 is 0 Å². The normalized spacial score (nSPS) is 26.6. The Morgan fingerprint density at radius 3 is 2.65 bits per heavy atom. The van der Waals surface area contributed by atoms with Gasteiger partial charge in [-0.25, -0.2) is 0 Å². The standard InChI is InChI=1S/C13H13NO3/c15-12-11-4-2-1-3-8(11)7-14(12)10-5-9(6-10)13(16)17/h1-4,9-10H,5-7H2,(H,16,17). The summed E-state index contributed by atoms with van der Waals surface area (Å²) in [5.41, 5.74) is 1.82. The molecule has 0 atom stereocenters. The number of fused-ring (bicyclic) bond motifs is 1. The van der Waals surface area contributed by atoms with Gasteiger partial charge in [-0.3, -0.25) is 9.59 Å². The third-order valence-electron chi connectivity index (χ3n) is 3.75. The van der Waals surface area contributed by atoms with Crippen molar-refractivity contribution in [2.45, 2.75) is 25.4 Å². The Hall–Kier alpha value is -1.84. The molecule has 4 nitrogen and oxygen atoms in total. The maximum Gasteiger partial charge on any atom is 0.306 e. The summed E-state index contributed by atoms with van der Waals surface area (Å²) in [6.45, 7) is 0.631. The van der Waals surface area contributed by atoms with Gasteiger partial charge in [0.25, 0.3) is 5.91 Å². The Kier molecular flexibility index (Phi) is 2.18. The van der Waals surface area contributed by atoms with E-state index in [2.05, 4.69) is 0 Å². The number of carboxylic acids is 1. The fraction of sp³-hybridized carbons (Fsp3) is 0.385. The van der Waals surface area contributed by atoms with E-state index in [0.717, 1.165) is 11.1 Å². The fourth-order valence-corrected chi connectivity index (χ4v) is 2.62. The summed E-state index contributed by atoms with van der Waals surface area (Å²) in [6, 6.07) is 7.69. The molecule has 0 saturated heterocycles. The first-order chi connectivity index (χ1) is 8.16. The van der Waals surface area contributed by atoms with Gasteiger partial charge < -0.3 is 10.0 Å². The predicted octanol–water partition coefficient (Wildman–Crippen LogP) is 1.51. The Balaban J connectivity index is 1.74. The van der Waals surface area contributed by atoms with Crippen LogP contribution in [0.4, 0.5) is 0 Å². The van der Waals surface area contributed by atoms with Gasteiger partial charge in [0.15, 0.2) is 0 Å². The molecule has 0 bridgehead atoms. The third kappa shape index (κ3) is 1.52. The SMILES string of the molecule is O=C(O)C1CC(N2Cc3ccccc3C2=O)C1. The molecule has 3 rings (SSSR count). The van der Waals surface area contributed by atoms with Crippen LogP contribution in [0.25, 0.3) is 0 Å². The van der Waals surface area contributed by atoms with Crippen LogP contribution in [0.3, 0.4) is 0 Å². The van der Waals surface area contributed by atoms with Crippen molar-refractivity contribution in [2.24, 2.45) is 5.92 Å². The molecule has 1 fully saturated rings. The predicted molar refractivity (Wildman–Crippen MR) is 60.5 cm³/mol. The summed E-state index contributed by atoms with van der Waals surface area (Å²) < 4.78 is 0. The van der Waals surface area contributed by atoms with E-state index < -0.39 is 5.97 Å². The second kappa shape index (κ2) is 3.58. The monoisotopic (exact) mass is 231 g/mol. The van der Waals surface area contributed by atoms with Crippen molar-refractivity contribution in [1.82, 2.24) is 4.90 Å². The molecule has 0 spiro atoms. The largest absolute Gasteiger partial charge is 0.481 e. The molecule has 0 unspecified atom stereocenters. The molecule has 1 aliphatic heterocycles. The molecule has 4 heteroatoms. The van der Waals surface area contributed by atoms with E-state index in [0.29, 0.717) is 19.4 Å². The number of benzene rings is 1. The number of nitrogens with zero attached hydrogens (tertiary/aromatic N) is 1. The van der Waals surface area contributed by atoms with Crippen molar-refractivity contribution in [2.75, 3.05) is 0 Å². The van der Waals surface area contributed by atoms with E-state index in [1.807, 2.05) is 29.2 Å². The Morgan fingerprint density at radius 2 is 2.00 bits per heavy atom. The lowest BCUT2D eigenvalue weighted by atomic mass is 9.79. The number of rotatable bonds is 2. The van der Waals surface area contributed by atoms with Gasteiger partial charge >= 0.3 is 5.97 Å². The van der Waals surface area contributed by atoms with Crippen molar-refractivity contribution in [3.8, 4) is 0 Å². The van der Waals surface area contributed by atoms with Crippen LogP contribution in [0.2, 0.25) is 0 Å². The summed E-state index contributed by atoms with van der Waals surface area (Å²) in [5.74, 6) is -0.962. The van der Waals surface area contributed by atoms with Gasteiger partial charge in [-0.15, -0.1) is 0 Å². The first kappa shape index (κ1) is 10.3. The van der Waals surface area contributed by atoms with Crippen molar-refractivity contribution in [1.29, 1.82) is 0 Å². The highest BCUT2D eigenvalue weighted by atomic mass is 16.4. The zero-order valence-electron chi connectivity index (χ0n) is 9.30. The van der Waals surface area contributed by atoms with Crippen LogP contribution in [-0.4, -0.2) is 27.9 Å². The molecule has 17 heavy (non-hydrogen) atoms. The Bertz CT molecular complexity index is 491. The minimum atomic E-state index is -0.745. The highest BCUT2D eigenvalue weighted by Gasteiger charge is 2.42. The zero-order chi connectivity index (χ0) is 12.0. The average Bonchev–Trinajstić information content (AvgIpc) is 2.55. The van der Waals surface area contributed by atoms with E-state index in [9.17, 15) is 9.59 Å². The van der Waals surface area contributed by atoms with Crippen LogP contribution in [0.15, 0.2) is 24.3 Å². The Morgan fingerprint density at radius 1 is 1.29 bits per heavy atom. The number of aliphatic carboxylic acids is 1. The molecule has 1 amide bonds. The van der Waals surface area contributed by atoms with E-state index in [4.69, 9.17) is 5.11 Å². The molecule has 1 aromatic rings. The van der Waals surface area contributed by atoms with Gasteiger partial charge in [0, 0.05) is 18.2 Å². The first-order valence-electron chi connectivity index (χ1n) is 5.78. The van der Waals surface area contributed by atoms with E-state index in [1.165, 1.54) is 0 Å².